The second kappa shape index (κ2) is 11.9. The fourth-order valence-electron chi connectivity index (χ4n) is 7.45. The Balaban J connectivity index is 1.37. The van der Waals surface area contributed by atoms with E-state index in [0.29, 0.717) is 0 Å². The van der Waals surface area contributed by atoms with Crippen LogP contribution in [0.4, 0.5) is 28.4 Å². The Hall–Kier alpha value is -6.12. The second-order valence-electron chi connectivity index (χ2n) is 12.5. The van der Waals surface area contributed by atoms with Gasteiger partial charge in [-0.3, -0.25) is 0 Å². The van der Waals surface area contributed by atoms with Crippen molar-refractivity contribution in [1.82, 2.24) is 0 Å². The average Bonchev–Trinajstić information content (AvgIpc) is 3.16. The van der Waals surface area contributed by atoms with Crippen molar-refractivity contribution in [1.29, 1.82) is 0 Å². The van der Waals surface area contributed by atoms with E-state index in [1.807, 2.05) is 0 Å². The lowest BCUT2D eigenvalue weighted by atomic mass is 9.93. The molecule has 0 saturated heterocycles. The van der Waals surface area contributed by atoms with Crippen LogP contribution in [0.3, 0.4) is 0 Å². The van der Waals surface area contributed by atoms with Gasteiger partial charge in [0.1, 0.15) is 0 Å². The highest BCUT2D eigenvalue weighted by Gasteiger charge is 2.27. The molecule has 1 atom stereocenters. The first-order chi connectivity index (χ1) is 23.8. The minimum Gasteiger partial charge on any atom is -0.333 e. The average molecular weight is 615 g/mol. The van der Waals surface area contributed by atoms with E-state index in [1.54, 1.807) is 0 Å². The van der Waals surface area contributed by atoms with Crippen LogP contribution in [0.25, 0.3) is 43.1 Å². The van der Waals surface area contributed by atoms with E-state index in [4.69, 9.17) is 0 Å². The third-order valence-electron chi connectivity index (χ3n) is 9.65. The zero-order valence-corrected chi connectivity index (χ0v) is 26.6. The van der Waals surface area contributed by atoms with Crippen LogP contribution in [0.2, 0.25) is 0 Å². The monoisotopic (exact) mass is 614 g/mol. The largest absolute Gasteiger partial charge is 0.333 e. The van der Waals surface area contributed by atoms with Crippen molar-refractivity contribution >= 4 is 71.5 Å². The van der Waals surface area contributed by atoms with Crippen molar-refractivity contribution in [2.45, 2.75) is 12.5 Å². The Kier molecular flexibility index (Phi) is 6.98. The maximum Gasteiger partial charge on any atom is 0.0619 e. The molecule has 2 nitrogen and oxygen atoms in total. The van der Waals surface area contributed by atoms with Gasteiger partial charge in [0.05, 0.1) is 17.4 Å². The molecule has 8 aromatic rings. The highest BCUT2D eigenvalue weighted by atomic mass is 15.2. The summed E-state index contributed by atoms with van der Waals surface area (Å²) in [6, 6.07) is 59.9. The molecule has 1 unspecified atom stereocenters. The number of nitrogens with zero attached hydrogens (tertiary/aromatic N) is 2. The first kappa shape index (κ1) is 28.1. The van der Waals surface area contributed by atoms with Gasteiger partial charge in [-0.05, 0) is 64.4 Å². The minimum atomic E-state index is 0.166. The van der Waals surface area contributed by atoms with Crippen LogP contribution in [0.1, 0.15) is 6.42 Å². The fraction of sp³-hybridized carbons (Fsp3) is 0.0435. The molecule has 0 aromatic heterocycles. The van der Waals surface area contributed by atoms with Crippen LogP contribution in [0.5, 0.6) is 0 Å². The topological polar surface area (TPSA) is 6.48 Å². The number of fused-ring (bicyclic) bond motifs is 4. The Morgan fingerprint density at radius 1 is 0.396 bits per heavy atom. The summed E-state index contributed by atoms with van der Waals surface area (Å²) in [6.45, 7) is 0. The standard InChI is InChI=1S/C46H34N2/c1-3-19-37(20-4-1)47(39-29-27-33-15-7-9-17-35(33)31-39)45-41-23-11-13-25-43(41)46(44-26-14-12-24-42(44)45)48(38-21-5-2-6-22-38)40-30-28-34-16-8-10-18-36(34)32-40/h1-21,23-32,38H,22H2. The minimum absolute atomic E-state index is 0.166. The van der Waals surface area contributed by atoms with Gasteiger partial charge in [-0.1, -0.05) is 152 Å². The predicted octanol–water partition coefficient (Wildman–Crippen LogP) is 12.8. The molecule has 2 heteroatoms. The maximum atomic E-state index is 2.57. The summed E-state index contributed by atoms with van der Waals surface area (Å²) >= 11 is 0. The van der Waals surface area contributed by atoms with Crippen molar-refractivity contribution in [3.05, 3.63) is 188 Å². The lowest BCUT2D eigenvalue weighted by Crippen LogP contribution is -2.30. The van der Waals surface area contributed by atoms with Gasteiger partial charge in [-0.25, -0.2) is 0 Å². The van der Waals surface area contributed by atoms with Crippen molar-refractivity contribution in [2.24, 2.45) is 0 Å². The van der Waals surface area contributed by atoms with Crippen molar-refractivity contribution in [3.63, 3.8) is 0 Å². The van der Waals surface area contributed by atoms with Crippen LogP contribution in [0, 0.1) is 0 Å². The number of benzene rings is 8. The molecule has 1 aliphatic carbocycles. The van der Waals surface area contributed by atoms with E-state index in [9.17, 15) is 0 Å². The smallest absolute Gasteiger partial charge is 0.0619 e. The van der Waals surface area contributed by atoms with Gasteiger partial charge >= 0.3 is 0 Å². The molecule has 0 N–H and O–H groups in total. The molecule has 0 amide bonds. The zero-order chi connectivity index (χ0) is 31.9. The van der Waals surface area contributed by atoms with E-state index < -0.39 is 0 Å². The normalized spacial score (nSPS) is 14.2. The number of rotatable bonds is 6. The number of allylic oxidation sites excluding steroid dienone is 2. The summed E-state index contributed by atoms with van der Waals surface area (Å²) in [5.41, 5.74) is 5.87. The molecule has 0 saturated carbocycles. The Morgan fingerprint density at radius 2 is 0.896 bits per heavy atom. The van der Waals surface area contributed by atoms with Crippen LogP contribution in [0.15, 0.2) is 188 Å². The summed E-state index contributed by atoms with van der Waals surface area (Å²) < 4.78 is 0. The SMILES string of the molecule is C1=CCC(N(c2ccc3ccccc3c2)c2c3ccccc3c(N(c3ccccc3)c3ccc4ccccc4c3)c3ccccc23)C=C1. The van der Waals surface area contributed by atoms with Crippen LogP contribution >= 0.6 is 0 Å². The third kappa shape index (κ3) is 4.82. The molecule has 1 aliphatic rings. The summed E-state index contributed by atoms with van der Waals surface area (Å²) in [6.07, 6.45) is 9.92. The van der Waals surface area contributed by atoms with E-state index in [2.05, 4.69) is 198 Å². The van der Waals surface area contributed by atoms with Crippen molar-refractivity contribution in [3.8, 4) is 0 Å². The Bertz CT molecular complexity index is 2450. The highest BCUT2D eigenvalue weighted by Crippen LogP contribution is 2.50. The molecule has 0 fully saturated rings. The van der Waals surface area contributed by atoms with Gasteiger partial charge in [0.25, 0.3) is 0 Å². The summed E-state index contributed by atoms with van der Waals surface area (Å²) in [4.78, 5) is 5.02. The molecular weight excluding hydrogens is 581 g/mol. The molecule has 0 aliphatic heterocycles. The highest BCUT2D eigenvalue weighted by molar-refractivity contribution is 6.22. The third-order valence-corrected chi connectivity index (χ3v) is 9.65. The quantitative estimate of drug-likeness (QED) is 0.136. The molecular formula is C46H34N2. The molecule has 48 heavy (non-hydrogen) atoms. The van der Waals surface area contributed by atoms with Gasteiger partial charge in [0.2, 0.25) is 0 Å². The van der Waals surface area contributed by atoms with Crippen LogP contribution in [-0.4, -0.2) is 6.04 Å². The first-order valence-electron chi connectivity index (χ1n) is 16.7. The van der Waals surface area contributed by atoms with Crippen molar-refractivity contribution in [2.75, 3.05) is 9.80 Å². The Morgan fingerprint density at radius 3 is 1.48 bits per heavy atom. The molecule has 228 valence electrons. The molecule has 9 rings (SSSR count). The fourth-order valence-corrected chi connectivity index (χ4v) is 7.45. The molecule has 0 bridgehead atoms. The zero-order valence-electron chi connectivity index (χ0n) is 26.6. The second-order valence-corrected chi connectivity index (χ2v) is 12.5. The number of hydrogen-bond donors (Lipinski definition) is 0. The van der Waals surface area contributed by atoms with Gasteiger partial charge in [0, 0.05) is 38.6 Å². The van der Waals surface area contributed by atoms with Crippen LogP contribution in [-0.2, 0) is 0 Å². The Labute approximate surface area is 281 Å². The summed E-state index contributed by atoms with van der Waals surface area (Å²) in [5.74, 6) is 0. The molecule has 0 radical (unpaired) electrons. The molecule has 0 spiro atoms. The summed E-state index contributed by atoms with van der Waals surface area (Å²) in [5, 5.41) is 9.83. The number of hydrogen-bond acceptors (Lipinski definition) is 2. The maximum absolute atomic E-state index is 2.57. The molecule has 0 heterocycles. The van der Waals surface area contributed by atoms with Gasteiger partial charge < -0.3 is 9.80 Å². The summed E-state index contributed by atoms with van der Waals surface area (Å²) in [7, 11) is 0. The van der Waals surface area contributed by atoms with Gasteiger partial charge in [-0.2, -0.15) is 0 Å². The van der Waals surface area contributed by atoms with Crippen LogP contribution < -0.4 is 9.80 Å². The molecule has 8 aromatic carbocycles. The van der Waals surface area contributed by atoms with Crippen molar-refractivity contribution < 1.29 is 0 Å². The lowest BCUT2D eigenvalue weighted by molar-refractivity contribution is 0.790. The van der Waals surface area contributed by atoms with Gasteiger partial charge in [0.15, 0.2) is 0 Å². The van der Waals surface area contributed by atoms with Gasteiger partial charge in [-0.15, -0.1) is 0 Å². The van der Waals surface area contributed by atoms with E-state index in [0.717, 1.165) is 17.8 Å². The lowest BCUT2D eigenvalue weighted by Gasteiger charge is -2.36. The number of para-hydroxylation sites is 1. The van der Waals surface area contributed by atoms with E-state index >= 15 is 0 Å². The first-order valence-corrected chi connectivity index (χ1v) is 16.7. The van der Waals surface area contributed by atoms with E-state index in [-0.39, 0.29) is 6.04 Å². The number of anilines is 5. The van der Waals surface area contributed by atoms with E-state index in [1.165, 1.54) is 60.2 Å². The predicted molar refractivity (Wildman–Crippen MR) is 206 cm³/mol.